The molecule has 3 N–H and O–H groups in total. The van der Waals surface area contributed by atoms with Crippen LogP contribution in [0.3, 0.4) is 0 Å². The van der Waals surface area contributed by atoms with Crippen molar-refractivity contribution in [1.29, 1.82) is 0 Å². The third-order valence-corrected chi connectivity index (χ3v) is 8.47. The van der Waals surface area contributed by atoms with Gasteiger partial charge in [0.15, 0.2) is 0 Å². The third kappa shape index (κ3) is 2.85. The standard InChI is InChI=1S/C25H35N3O2/c1-15(2)28-13-16-11-22-20(19-5-4-6-21(28)23(16)19)12-25(24(26)30,14-27(22)3)17-7-9-18(29)10-8-17/h4-6,13,15,17-18,20,22,29H,7-12,14H2,1-3H3,(H2,26,30)/t17?,18?,20-,22-,25?/m1/s1. The molecule has 30 heavy (non-hydrogen) atoms. The fourth-order valence-corrected chi connectivity index (χ4v) is 6.92. The maximum atomic E-state index is 13.0. The first-order valence-electron chi connectivity index (χ1n) is 11.6. The number of benzene rings is 1. The molecule has 5 heteroatoms. The van der Waals surface area contributed by atoms with Crippen molar-refractivity contribution < 1.29 is 9.90 Å². The summed E-state index contributed by atoms with van der Waals surface area (Å²) in [6.07, 6.45) is 7.37. The minimum absolute atomic E-state index is 0.146. The van der Waals surface area contributed by atoms with Gasteiger partial charge in [0.25, 0.3) is 0 Å². The molecule has 162 valence electrons. The normalized spacial score (nSPS) is 34.3. The number of aromatic nitrogens is 1. The van der Waals surface area contributed by atoms with Crippen LogP contribution < -0.4 is 5.73 Å². The molecule has 0 bridgehead atoms. The van der Waals surface area contributed by atoms with Crippen LogP contribution in [-0.2, 0) is 11.2 Å². The highest BCUT2D eigenvalue weighted by Gasteiger charge is 2.53. The number of likely N-dealkylation sites (tertiary alicyclic amines) is 1. The number of likely N-dealkylation sites (N-methyl/N-ethyl adjacent to an activating group) is 1. The smallest absolute Gasteiger partial charge is 0.225 e. The maximum Gasteiger partial charge on any atom is 0.225 e. The maximum absolute atomic E-state index is 13.0. The Kier molecular flexibility index (Phi) is 4.75. The second-order valence-corrected chi connectivity index (χ2v) is 10.4. The van der Waals surface area contributed by atoms with Crippen LogP contribution in [0.25, 0.3) is 10.9 Å². The zero-order chi connectivity index (χ0) is 21.2. The molecule has 1 unspecified atom stereocenters. The van der Waals surface area contributed by atoms with E-state index in [9.17, 15) is 9.90 Å². The molecule has 2 aliphatic carbocycles. The lowest BCUT2D eigenvalue weighted by Crippen LogP contribution is -2.60. The van der Waals surface area contributed by atoms with Crippen molar-refractivity contribution >= 4 is 16.8 Å². The van der Waals surface area contributed by atoms with Crippen molar-refractivity contribution in [3.8, 4) is 0 Å². The number of fused-ring (bicyclic) bond motifs is 2. The predicted octanol–water partition coefficient (Wildman–Crippen LogP) is 3.59. The summed E-state index contributed by atoms with van der Waals surface area (Å²) in [5.41, 5.74) is 9.80. The second-order valence-electron chi connectivity index (χ2n) is 10.4. The number of hydrogen-bond acceptors (Lipinski definition) is 3. The van der Waals surface area contributed by atoms with E-state index in [0.29, 0.717) is 18.0 Å². The first-order valence-corrected chi connectivity index (χ1v) is 11.6. The number of piperidine rings is 1. The Balaban J connectivity index is 1.59. The number of carbonyl (C=O) groups excluding carboxylic acids is 1. The molecule has 0 radical (unpaired) electrons. The van der Waals surface area contributed by atoms with Gasteiger partial charge in [0.1, 0.15) is 0 Å². The number of hydrogen-bond donors (Lipinski definition) is 2. The summed E-state index contributed by atoms with van der Waals surface area (Å²) in [5.74, 6) is 0.442. The third-order valence-electron chi connectivity index (χ3n) is 8.47. The molecule has 1 aromatic carbocycles. The van der Waals surface area contributed by atoms with Gasteiger partial charge in [-0.1, -0.05) is 12.1 Å². The van der Waals surface area contributed by atoms with Gasteiger partial charge in [-0.2, -0.15) is 0 Å². The molecule has 1 saturated heterocycles. The lowest BCUT2D eigenvalue weighted by atomic mass is 9.58. The monoisotopic (exact) mass is 409 g/mol. The summed E-state index contributed by atoms with van der Waals surface area (Å²) in [4.78, 5) is 15.4. The molecule has 1 aliphatic heterocycles. The minimum Gasteiger partial charge on any atom is -0.393 e. The van der Waals surface area contributed by atoms with E-state index < -0.39 is 5.41 Å². The fourth-order valence-electron chi connectivity index (χ4n) is 6.92. The Morgan fingerprint density at radius 3 is 2.63 bits per heavy atom. The number of primary amides is 1. The molecular weight excluding hydrogens is 374 g/mol. The molecule has 2 heterocycles. The number of rotatable bonds is 3. The van der Waals surface area contributed by atoms with Crippen molar-refractivity contribution in [1.82, 2.24) is 9.47 Å². The largest absolute Gasteiger partial charge is 0.393 e. The molecule has 1 aromatic heterocycles. The molecule has 3 atom stereocenters. The van der Waals surface area contributed by atoms with E-state index in [0.717, 1.165) is 45.1 Å². The SMILES string of the molecule is CC(C)n1cc2c3c(cccc31)[C@H]1CC(C(N)=O)(C3CCC(O)CC3)CN(C)[C@@H]1C2. The van der Waals surface area contributed by atoms with Crippen LogP contribution in [-0.4, -0.2) is 46.2 Å². The van der Waals surface area contributed by atoms with Gasteiger partial charge in [0.2, 0.25) is 5.91 Å². The summed E-state index contributed by atoms with van der Waals surface area (Å²) in [5, 5.41) is 11.4. The van der Waals surface area contributed by atoms with Crippen LogP contribution in [0.4, 0.5) is 0 Å². The van der Waals surface area contributed by atoms with E-state index in [-0.39, 0.29) is 17.9 Å². The summed E-state index contributed by atoms with van der Waals surface area (Å²) >= 11 is 0. The molecule has 2 aromatic rings. The summed E-state index contributed by atoms with van der Waals surface area (Å²) < 4.78 is 2.40. The number of amides is 1. The van der Waals surface area contributed by atoms with Crippen LogP contribution in [0.15, 0.2) is 24.4 Å². The number of carbonyl (C=O) groups is 1. The highest BCUT2D eigenvalue weighted by molar-refractivity contribution is 5.90. The highest BCUT2D eigenvalue weighted by Crippen LogP contribution is 2.53. The van der Waals surface area contributed by atoms with Gasteiger partial charge in [0.05, 0.1) is 11.5 Å². The van der Waals surface area contributed by atoms with Crippen molar-refractivity contribution in [3.63, 3.8) is 0 Å². The van der Waals surface area contributed by atoms with Gasteiger partial charge in [-0.25, -0.2) is 0 Å². The topological polar surface area (TPSA) is 71.5 Å². The molecule has 5 nitrogen and oxygen atoms in total. The predicted molar refractivity (Wildman–Crippen MR) is 119 cm³/mol. The Morgan fingerprint density at radius 1 is 1.23 bits per heavy atom. The average Bonchev–Trinajstić information content (AvgIpc) is 3.09. The zero-order valence-corrected chi connectivity index (χ0v) is 18.5. The van der Waals surface area contributed by atoms with Gasteiger partial charge in [-0.05, 0) is 82.5 Å². The van der Waals surface area contributed by atoms with Crippen LogP contribution in [0.5, 0.6) is 0 Å². The van der Waals surface area contributed by atoms with E-state index in [4.69, 9.17) is 5.73 Å². The van der Waals surface area contributed by atoms with Gasteiger partial charge < -0.3 is 20.3 Å². The number of nitrogens with two attached hydrogens (primary N) is 1. The molecule has 5 rings (SSSR count). The van der Waals surface area contributed by atoms with Crippen LogP contribution >= 0.6 is 0 Å². The van der Waals surface area contributed by atoms with Crippen LogP contribution in [0.2, 0.25) is 0 Å². The van der Waals surface area contributed by atoms with Gasteiger partial charge in [0, 0.05) is 41.6 Å². The van der Waals surface area contributed by atoms with E-state index in [1.165, 1.54) is 22.0 Å². The highest BCUT2D eigenvalue weighted by atomic mass is 16.3. The van der Waals surface area contributed by atoms with E-state index in [1.807, 2.05) is 0 Å². The second kappa shape index (κ2) is 7.10. The van der Waals surface area contributed by atoms with E-state index >= 15 is 0 Å². The quantitative estimate of drug-likeness (QED) is 0.814. The van der Waals surface area contributed by atoms with Crippen molar-refractivity contribution in [2.24, 2.45) is 17.1 Å². The molecular formula is C25H35N3O2. The summed E-state index contributed by atoms with van der Waals surface area (Å²) in [7, 11) is 2.18. The van der Waals surface area contributed by atoms with Crippen LogP contribution in [0.1, 0.15) is 69.0 Å². The van der Waals surface area contributed by atoms with Gasteiger partial charge in [-0.3, -0.25) is 4.79 Å². The minimum atomic E-state index is -0.504. The summed E-state index contributed by atoms with van der Waals surface area (Å²) in [6, 6.07) is 7.53. The van der Waals surface area contributed by atoms with Crippen molar-refractivity contribution in [2.45, 2.75) is 76.5 Å². The van der Waals surface area contributed by atoms with Crippen LogP contribution in [0, 0.1) is 11.3 Å². The first kappa shape index (κ1) is 20.1. The molecule has 0 spiro atoms. The van der Waals surface area contributed by atoms with Crippen molar-refractivity contribution in [3.05, 3.63) is 35.5 Å². The lowest BCUT2D eigenvalue weighted by molar-refractivity contribution is -0.139. The number of aliphatic hydroxyl groups is 1. The van der Waals surface area contributed by atoms with E-state index in [2.05, 4.69) is 54.8 Å². The Labute approximate surface area is 179 Å². The Morgan fingerprint density at radius 2 is 1.97 bits per heavy atom. The zero-order valence-electron chi connectivity index (χ0n) is 18.5. The van der Waals surface area contributed by atoms with Gasteiger partial charge in [-0.15, -0.1) is 0 Å². The molecule has 2 fully saturated rings. The Bertz CT molecular complexity index is 972. The molecule has 3 aliphatic rings. The molecule has 1 saturated carbocycles. The number of nitrogens with zero attached hydrogens (tertiary/aromatic N) is 2. The summed E-state index contributed by atoms with van der Waals surface area (Å²) in [6.45, 7) is 5.21. The number of aliphatic hydroxyl groups excluding tert-OH is 1. The Hall–Kier alpha value is -1.85. The van der Waals surface area contributed by atoms with Crippen molar-refractivity contribution in [2.75, 3.05) is 13.6 Å². The first-order chi connectivity index (χ1) is 14.3. The fraction of sp³-hybridized carbons (Fsp3) is 0.640. The van der Waals surface area contributed by atoms with E-state index in [1.54, 1.807) is 0 Å². The average molecular weight is 410 g/mol. The molecule has 1 amide bonds. The lowest BCUT2D eigenvalue weighted by Gasteiger charge is -2.53. The van der Waals surface area contributed by atoms with Gasteiger partial charge >= 0.3 is 0 Å².